The first-order valence-corrected chi connectivity index (χ1v) is 10.1. The molecular weight excluding hydrogens is 360 g/mol. The largest absolute Gasteiger partial charge is 0.355 e. The van der Waals surface area contributed by atoms with Crippen molar-refractivity contribution in [1.29, 1.82) is 0 Å². The van der Waals surface area contributed by atoms with E-state index >= 15 is 0 Å². The number of hydrogen-bond donors (Lipinski definition) is 1. The van der Waals surface area contributed by atoms with Crippen LogP contribution >= 0.6 is 11.3 Å². The molecule has 25 heavy (non-hydrogen) atoms. The summed E-state index contributed by atoms with van der Waals surface area (Å²) in [5.74, 6) is 0.0633. The molecule has 0 saturated carbocycles. The summed E-state index contributed by atoms with van der Waals surface area (Å²) in [7, 11) is -3.46. The molecule has 130 valence electrons. The van der Waals surface area contributed by atoms with Crippen molar-refractivity contribution in [2.75, 3.05) is 5.75 Å². The van der Waals surface area contributed by atoms with Gasteiger partial charge in [-0.1, -0.05) is 29.4 Å². The second-order valence-corrected chi connectivity index (χ2v) is 8.38. The molecule has 1 amide bonds. The highest BCUT2D eigenvalue weighted by molar-refractivity contribution is 7.91. The zero-order valence-electron chi connectivity index (χ0n) is 13.2. The number of thiophene rings is 1. The Kier molecular flexibility index (Phi) is 5.30. The van der Waals surface area contributed by atoms with Crippen LogP contribution in [0.2, 0.25) is 0 Å². The summed E-state index contributed by atoms with van der Waals surface area (Å²) in [6.45, 7) is 0.194. The molecule has 0 fully saturated rings. The summed E-state index contributed by atoms with van der Waals surface area (Å²) < 4.78 is 29.5. The Morgan fingerprint density at radius 3 is 2.68 bits per heavy atom. The molecule has 8 heteroatoms. The van der Waals surface area contributed by atoms with Crippen molar-refractivity contribution in [3.63, 3.8) is 0 Å². The van der Waals surface area contributed by atoms with Gasteiger partial charge in [0.25, 0.3) is 0 Å². The summed E-state index contributed by atoms with van der Waals surface area (Å²) in [4.78, 5) is 13.1. The number of nitrogens with one attached hydrogen (secondary N) is 1. The molecule has 0 aliphatic heterocycles. The van der Waals surface area contributed by atoms with E-state index in [9.17, 15) is 13.2 Å². The van der Waals surface area contributed by atoms with Crippen molar-refractivity contribution >= 4 is 27.1 Å². The summed E-state index contributed by atoms with van der Waals surface area (Å²) in [5.41, 5.74) is 0.586. The van der Waals surface area contributed by atoms with E-state index in [0.717, 1.165) is 4.88 Å². The normalized spacial score (nSPS) is 11.4. The highest BCUT2D eigenvalue weighted by atomic mass is 32.2. The molecule has 3 aromatic rings. The van der Waals surface area contributed by atoms with Gasteiger partial charge in [-0.3, -0.25) is 4.79 Å². The maximum atomic E-state index is 12.1. The first kappa shape index (κ1) is 17.4. The lowest BCUT2D eigenvalue weighted by molar-refractivity contribution is -0.120. The van der Waals surface area contributed by atoms with Crippen molar-refractivity contribution in [2.24, 2.45) is 0 Å². The van der Waals surface area contributed by atoms with Crippen LogP contribution in [0.1, 0.15) is 12.1 Å². The molecule has 0 aliphatic rings. The SMILES string of the molecule is O=C(CCS(=O)(=O)c1ccccc1)NCc1cc(-c2cccs2)on1. The summed E-state index contributed by atoms with van der Waals surface area (Å²) in [6, 6.07) is 13.7. The molecule has 0 saturated heterocycles. The second kappa shape index (κ2) is 7.62. The molecule has 0 atom stereocenters. The molecule has 3 rings (SSSR count). The minimum absolute atomic E-state index is 0.104. The van der Waals surface area contributed by atoms with E-state index in [-0.39, 0.29) is 29.5 Å². The number of sulfone groups is 1. The van der Waals surface area contributed by atoms with Crippen LogP contribution in [-0.2, 0) is 21.2 Å². The van der Waals surface area contributed by atoms with E-state index in [1.54, 1.807) is 24.3 Å². The second-order valence-electron chi connectivity index (χ2n) is 5.32. The van der Waals surface area contributed by atoms with Gasteiger partial charge in [-0.25, -0.2) is 8.42 Å². The Hall–Kier alpha value is -2.45. The van der Waals surface area contributed by atoms with Gasteiger partial charge in [-0.15, -0.1) is 11.3 Å². The van der Waals surface area contributed by atoms with E-state index in [1.807, 2.05) is 17.5 Å². The van der Waals surface area contributed by atoms with Crippen molar-refractivity contribution < 1.29 is 17.7 Å². The lowest BCUT2D eigenvalue weighted by Gasteiger charge is -2.05. The third-order valence-corrected chi connectivity index (χ3v) is 6.11. The number of aromatic nitrogens is 1. The first-order valence-electron chi connectivity index (χ1n) is 7.58. The Bertz CT molecular complexity index is 932. The van der Waals surface area contributed by atoms with Crippen LogP contribution in [0, 0.1) is 0 Å². The Labute approximate surface area is 149 Å². The van der Waals surface area contributed by atoms with Gasteiger partial charge in [0.2, 0.25) is 5.91 Å². The predicted molar refractivity (Wildman–Crippen MR) is 94.8 cm³/mol. The molecule has 0 radical (unpaired) electrons. The minimum Gasteiger partial charge on any atom is -0.355 e. The maximum absolute atomic E-state index is 12.1. The molecule has 1 N–H and O–H groups in total. The number of benzene rings is 1. The number of hydrogen-bond acceptors (Lipinski definition) is 6. The maximum Gasteiger partial charge on any atom is 0.221 e. The van der Waals surface area contributed by atoms with Gasteiger partial charge in [0.05, 0.1) is 22.1 Å². The smallest absolute Gasteiger partial charge is 0.221 e. The van der Waals surface area contributed by atoms with Crippen molar-refractivity contribution in [2.45, 2.75) is 17.9 Å². The van der Waals surface area contributed by atoms with Crippen LogP contribution < -0.4 is 5.32 Å². The van der Waals surface area contributed by atoms with Gasteiger partial charge in [0, 0.05) is 12.5 Å². The van der Waals surface area contributed by atoms with Crippen LogP contribution in [-0.4, -0.2) is 25.2 Å². The minimum atomic E-state index is -3.46. The topological polar surface area (TPSA) is 89.3 Å². The number of carbonyl (C=O) groups excluding carboxylic acids is 1. The van der Waals surface area contributed by atoms with Crippen molar-refractivity contribution in [3.05, 3.63) is 59.6 Å². The van der Waals surface area contributed by atoms with Gasteiger partial charge in [-0.2, -0.15) is 0 Å². The summed E-state index contributed by atoms with van der Waals surface area (Å²) in [5, 5.41) is 8.50. The number of rotatable bonds is 7. The fourth-order valence-corrected chi connectivity index (χ4v) is 4.12. The van der Waals surface area contributed by atoms with E-state index in [0.29, 0.717) is 11.5 Å². The van der Waals surface area contributed by atoms with Gasteiger partial charge < -0.3 is 9.84 Å². The van der Waals surface area contributed by atoms with Crippen LogP contribution in [0.25, 0.3) is 10.6 Å². The monoisotopic (exact) mass is 376 g/mol. The zero-order valence-corrected chi connectivity index (χ0v) is 14.8. The number of carbonyl (C=O) groups is 1. The average molecular weight is 376 g/mol. The van der Waals surface area contributed by atoms with Crippen molar-refractivity contribution in [1.82, 2.24) is 10.5 Å². The average Bonchev–Trinajstić information content (AvgIpc) is 3.30. The standard InChI is InChI=1S/C17H16N2O4S2/c20-17(8-10-25(21,22)14-5-2-1-3-6-14)18-12-13-11-15(23-19-13)16-7-4-9-24-16/h1-7,9,11H,8,10,12H2,(H,18,20). The Morgan fingerprint density at radius 2 is 1.96 bits per heavy atom. The highest BCUT2D eigenvalue weighted by Crippen LogP contribution is 2.25. The lowest BCUT2D eigenvalue weighted by atomic mass is 10.3. The molecule has 6 nitrogen and oxygen atoms in total. The number of amides is 1. The van der Waals surface area contributed by atoms with Gasteiger partial charge in [-0.05, 0) is 23.6 Å². The van der Waals surface area contributed by atoms with E-state index < -0.39 is 9.84 Å². The summed E-state index contributed by atoms with van der Waals surface area (Å²) >= 11 is 1.53. The van der Waals surface area contributed by atoms with Gasteiger partial charge in [0.1, 0.15) is 5.69 Å². The van der Waals surface area contributed by atoms with E-state index in [4.69, 9.17) is 4.52 Å². The van der Waals surface area contributed by atoms with E-state index in [2.05, 4.69) is 10.5 Å². The fraction of sp³-hybridized carbons (Fsp3) is 0.176. The van der Waals surface area contributed by atoms with Crippen LogP contribution in [0.15, 0.2) is 63.3 Å². The third-order valence-electron chi connectivity index (χ3n) is 3.49. The fourth-order valence-electron chi connectivity index (χ4n) is 2.18. The molecule has 1 aromatic carbocycles. The van der Waals surface area contributed by atoms with Crippen LogP contribution in [0.3, 0.4) is 0 Å². The third kappa shape index (κ3) is 4.55. The van der Waals surface area contributed by atoms with E-state index in [1.165, 1.54) is 23.5 Å². The molecular formula is C17H16N2O4S2. The molecule has 0 unspecified atom stereocenters. The lowest BCUT2D eigenvalue weighted by Crippen LogP contribution is -2.25. The first-order chi connectivity index (χ1) is 12.0. The van der Waals surface area contributed by atoms with Crippen molar-refractivity contribution in [3.8, 4) is 10.6 Å². The predicted octanol–water partition coefficient (Wildman–Crippen LogP) is 2.88. The number of nitrogens with zero attached hydrogens (tertiary/aromatic N) is 1. The summed E-state index contributed by atoms with van der Waals surface area (Å²) in [6.07, 6.45) is -0.104. The van der Waals surface area contributed by atoms with Crippen LogP contribution in [0.5, 0.6) is 0 Å². The molecule has 0 spiro atoms. The molecule has 0 bridgehead atoms. The quantitative estimate of drug-likeness (QED) is 0.685. The molecule has 0 aliphatic carbocycles. The molecule has 2 heterocycles. The zero-order chi connectivity index (χ0) is 17.7. The molecule has 2 aromatic heterocycles. The Balaban J connectivity index is 1.50. The highest BCUT2D eigenvalue weighted by Gasteiger charge is 2.16. The Morgan fingerprint density at radius 1 is 1.16 bits per heavy atom. The van der Waals surface area contributed by atoms with Gasteiger partial charge in [0.15, 0.2) is 15.6 Å². The van der Waals surface area contributed by atoms with Gasteiger partial charge >= 0.3 is 0 Å². The van der Waals surface area contributed by atoms with Crippen LogP contribution in [0.4, 0.5) is 0 Å².